The Bertz CT molecular complexity index is 884. The van der Waals surface area contributed by atoms with Crippen LogP contribution in [0.5, 0.6) is 0 Å². The van der Waals surface area contributed by atoms with Gasteiger partial charge in [-0.15, -0.1) is 0 Å². The van der Waals surface area contributed by atoms with Crippen LogP contribution in [0.3, 0.4) is 0 Å². The molecule has 3 rings (SSSR count). The largest absolute Gasteiger partial charge is 0.298 e. The van der Waals surface area contributed by atoms with Crippen molar-refractivity contribution in [1.29, 1.82) is 0 Å². The summed E-state index contributed by atoms with van der Waals surface area (Å²) in [6.07, 6.45) is 0. The number of aryl methyl sites for hydroxylation is 5. The SMILES string of the molecule is Cc1cc(C)c(-n2c(C)c(C)c3c(Cl)n[13c]([13CH3])nc32)c(C)c1. The Morgan fingerprint density at radius 3 is 2.09 bits per heavy atom. The van der Waals surface area contributed by atoms with Crippen molar-refractivity contribution >= 4 is 22.6 Å². The van der Waals surface area contributed by atoms with E-state index < -0.39 is 0 Å². The first kappa shape index (κ1) is 15.0. The predicted octanol–water partition coefficient (Wildman–Crippen LogP) is 4.92. The average Bonchev–Trinajstić information content (AvgIpc) is 2.62. The topological polar surface area (TPSA) is 30.7 Å². The van der Waals surface area contributed by atoms with Crippen molar-refractivity contribution in [2.45, 2.75) is 41.5 Å². The minimum absolute atomic E-state index is 0.532. The molecule has 0 unspecified atom stereocenters. The van der Waals surface area contributed by atoms with Crippen molar-refractivity contribution in [3.05, 3.63) is 51.1 Å². The fourth-order valence-electron chi connectivity index (χ4n) is 3.31. The molecular formula is C18H20ClN3. The molecule has 2 heterocycles. The molecule has 3 aromatic rings. The van der Waals surface area contributed by atoms with Crippen LogP contribution >= 0.6 is 11.6 Å². The number of hydrogen-bond acceptors (Lipinski definition) is 2. The molecule has 0 saturated carbocycles. The zero-order chi connectivity index (χ0) is 16.2. The van der Waals surface area contributed by atoms with Gasteiger partial charge in [0.1, 0.15) is 16.6 Å². The monoisotopic (exact) mass is 315 g/mol. The Morgan fingerprint density at radius 1 is 0.909 bits per heavy atom. The van der Waals surface area contributed by atoms with E-state index >= 15 is 0 Å². The third-order valence-electron chi connectivity index (χ3n) is 4.28. The summed E-state index contributed by atoms with van der Waals surface area (Å²) >= 11 is 6.38. The van der Waals surface area contributed by atoms with Crippen LogP contribution in [0.25, 0.3) is 16.7 Å². The van der Waals surface area contributed by atoms with Crippen molar-refractivity contribution in [2.24, 2.45) is 0 Å². The number of halogens is 1. The third kappa shape index (κ3) is 2.12. The van der Waals surface area contributed by atoms with E-state index in [0.29, 0.717) is 11.0 Å². The Morgan fingerprint density at radius 2 is 1.50 bits per heavy atom. The first-order valence-electron chi connectivity index (χ1n) is 7.41. The van der Waals surface area contributed by atoms with E-state index in [9.17, 15) is 0 Å². The number of benzene rings is 1. The van der Waals surface area contributed by atoms with Gasteiger partial charge in [-0.1, -0.05) is 29.3 Å². The van der Waals surface area contributed by atoms with E-state index in [1.165, 1.54) is 22.4 Å². The maximum atomic E-state index is 6.38. The molecule has 0 aliphatic heterocycles. The van der Waals surface area contributed by atoms with Gasteiger partial charge in [0.2, 0.25) is 0 Å². The molecular weight excluding hydrogens is 296 g/mol. The molecule has 1 aromatic carbocycles. The first-order valence-corrected chi connectivity index (χ1v) is 7.79. The van der Waals surface area contributed by atoms with Crippen LogP contribution in [-0.4, -0.2) is 14.5 Å². The van der Waals surface area contributed by atoms with Crippen molar-refractivity contribution in [2.75, 3.05) is 0 Å². The molecule has 0 aliphatic carbocycles. The quantitative estimate of drug-likeness (QED) is 0.471. The van der Waals surface area contributed by atoms with E-state index in [1.54, 1.807) is 0 Å². The number of aromatic nitrogens is 3. The van der Waals surface area contributed by atoms with E-state index in [2.05, 4.69) is 61.3 Å². The summed E-state index contributed by atoms with van der Waals surface area (Å²) in [6, 6.07) is 4.41. The fourth-order valence-corrected chi connectivity index (χ4v) is 3.66. The molecule has 2 aromatic heterocycles. The maximum Gasteiger partial charge on any atom is 0.150 e. The molecule has 0 radical (unpaired) electrons. The number of fused-ring (bicyclic) bond motifs is 1. The average molecular weight is 316 g/mol. The molecule has 0 bridgehead atoms. The summed E-state index contributed by atoms with van der Waals surface area (Å²) in [5.41, 5.74) is 8.13. The second kappa shape index (κ2) is 5.10. The highest BCUT2D eigenvalue weighted by molar-refractivity contribution is 6.34. The summed E-state index contributed by atoms with van der Waals surface area (Å²) in [5.74, 6) is 0.693. The number of rotatable bonds is 1. The van der Waals surface area contributed by atoms with Gasteiger partial charge in [-0.05, 0) is 58.2 Å². The predicted molar refractivity (Wildman–Crippen MR) is 92.3 cm³/mol. The highest BCUT2D eigenvalue weighted by Crippen LogP contribution is 2.33. The first-order chi connectivity index (χ1) is 10.3. The zero-order valence-corrected chi connectivity index (χ0v) is 14.6. The van der Waals surface area contributed by atoms with Crippen LogP contribution in [0.2, 0.25) is 5.15 Å². The van der Waals surface area contributed by atoms with Crippen LogP contribution in [0.15, 0.2) is 12.1 Å². The highest BCUT2D eigenvalue weighted by Gasteiger charge is 2.19. The van der Waals surface area contributed by atoms with Gasteiger partial charge in [-0.3, -0.25) is 4.57 Å². The van der Waals surface area contributed by atoms with Crippen LogP contribution in [0, 0.1) is 41.5 Å². The molecule has 0 aliphatic rings. The second-order valence-corrected chi connectivity index (χ2v) is 6.41. The summed E-state index contributed by atoms with van der Waals surface area (Å²) < 4.78 is 2.22. The minimum atomic E-state index is 0.532. The minimum Gasteiger partial charge on any atom is -0.298 e. The molecule has 22 heavy (non-hydrogen) atoms. The van der Waals surface area contributed by atoms with E-state index in [-0.39, 0.29) is 0 Å². The Labute approximate surface area is 136 Å². The molecule has 0 N–H and O–H groups in total. The zero-order valence-electron chi connectivity index (χ0n) is 13.9. The van der Waals surface area contributed by atoms with Crippen molar-refractivity contribution in [3.8, 4) is 5.69 Å². The highest BCUT2D eigenvalue weighted by atomic mass is 35.5. The standard InChI is InChI=1S/C18H20ClN3/c1-9-7-10(2)16(11(3)8-9)22-13(5)12(4)15-17(19)20-14(6)21-18(15)22/h7-8H,1-6H3/i6+1,14+1. The molecule has 0 fully saturated rings. The molecule has 0 saturated heterocycles. The van der Waals surface area contributed by atoms with Gasteiger partial charge in [-0.2, -0.15) is 0 Å². The lowest BCUT2D eigenvalue weighted by Crippen LogP contribution is -2.04. The molecule has 114 valence electrons. The van der Waals surface area contributed by atoms with Gasteiger partial charge in [0.15, 0.2) is 0 Å². The summed E-state index contributed by atoms with van der Waals surface area (Å²) in [4.78, 5) is 8.98. The van der Waals surface area contributed by atoms with Gasteiger partial charge < -0.3 is 0 Å². The van der Waals surface area contributed by atoms with Crippen LogP contribution in [-0.2, 0) is 0 Å². The lowest BCUT2D eigenvalue weighted by atomic mass is 10.0. The van der Waals surface area contributed by atoms with E-state index in [0.717, 1.165) is 22.3 Å². The summed E-state index contributed by atoms with van der Waals surface area (Å²) in [6.45, 7) is 12.5. The lowest BCUT2D eigenvalue weighted by molar-refractivity contribution is 0.973. The smallest absolute Gasteiger partial charge is 0.150 e. The van der Waals surface area contributed by atoms with Crippen LogP contribution in [0.1, 0.15) is 33.8 Å². The molecule has 0 atom stereocenters. The molecule has 4 heteroatoms. The van der Waals surface area contributed by atoms with Gasteiger partial charge in [0, 0.05) is 5.69 Å². The maximum absolute atomic E-state index is 6.38. The second-order valence-electron chi connectivity index (χ2n) is 6.05. The number of hydrogen-bond donors (Lipinski definition) is 0. The Hall–Kier alpha value is -1.87. The summed E-state index contributed by atoms with van der Waals surface area (Å²) in [7, 11) is 0. The van der Waals surface area contributed by atoms with E-state index in [4.69, 9.17) is 11.6 Å². The fraction of sp³-hybridized carbons (Fsp3) is 0.333. The van der Waals surface area contributed by atoms with Gasteiger partial charge >= 0.3 is 0 Å². The Kier molecular flexibility index (Phi) is 3.48. The normalized spacial score (nSPS) is 11.4. The van der Waals surface area contributed by atoms with E-state index in [1.807, 2.05) is 6.92 Å². The van der Waals surface area contributed by atoms with Gasteiger partial charge in [-0.25, -0.2) is 9.97 Å². The van der Waals surface area contributed by atoms with Crippen molar-refractivity contribution < 1.29 is 0 Å². The molecule has 3 nitrogen and oxygen atoms in total. The van der Waals surface area contributed by atoms with Crippen molar-refractivity contribution in [3.63, 3.8) is 0 Å². The third-order valence-corrected chi connectivity index (χ3v) is 4.55. The lowest BCUT2D eigenvalue weighted by Gasteiger charge is -2.15. The van der Waals surface area contributed by atoms with Gasteiger partial charge in [0.25, 0.3) is 0 Å². The van der Waals surface area contributed by atoms with Crippen molar-refractivity contribution in [1.82, 2.24) is 14.5 Å². The Balaban J connectivity index is 2.50. The number of nitrogens with zero attached hydrogens (tertiary/aromatic N) is 3. The molecule has 0 amide bonds. The molecule has 0 spiro atoms. The summed E-state index contributed by atoms with van der Waals surface area (Å²) in [5, 5.41) is 1.48. The van der Waals surface area contributed by atoms with Crippen LogP contribution in [0.4, 0.5) is 0 Å². The van der Waals surface area contributed by atoms with Crippen LogP contribution < -0.4 is 0 Å². The van der Waals surface area contributed by atoms with Gasteiger partial charge in [0.05, 0.1) is 11.1 Å².